The summed E-state index contributed by atoms with van der Waals surface area (Å²) in [5.41, 5.74) is 0.576. The summed E-state index contributed by atoms with van der Waals surface area (Å²) in [7, 11) is -2.04. The van der Waals surface area contributed by atoms with E-state index in [0.717, 1.165) is 25.7 Å². The Morgan fingerprint density at radius 3 is 2.70 bits per heavy atom. The molecule has 0 aromatic heterocycles. The van der Waals surface area contributed by atoms with Gasteiger partial charge in [-0.2, -0.15) is 0 Å². The second kappa shape index (κ2) is 6.30. The summed E-state index contributed by atoms with van der Waals surface area (Å²) in [6, 6.07) is 4.53. The highest BCUT2D eigenvalue weighted by molar-refractivity contribution is 7.89. The molecule has 0 amide bonds. The fourth-order valence-electron chi connectivity index (χ4n) is 2.54. The minimum absolute atomic E-state index is 0.0502. The lowest BCUT2D eigenvalue weighted by Gasteiger charge is -2.32. The van der Waals surface area contributed by atoms with Crippen LogP contribution in [0.15, 0.2) is 23.1 Å². The first-order valence-electron chi connectivity index (χ1n) is 6.53. The first-order valence-corrected chi connectivity index (χ1v) is 8.46. The molecule has 1 fully saturated rings. The molecule has 1 aromatic rings. The van der Waals surface area contributed by atoms with Gasteiger partial charge < -0.3 is 10.1 Å². The summed E-state index contributed by atoms with van der Waals surface area (Å²) in [4.78, 5) is 0.0502. The SMILES string of the molecule is COC1CCCCC1Nc1cc(S(N)(=O)=O)ccc1Cl. The zero-order valence-corrected chi connectivity index (χ0v) is 12.9. The van der Waals surface area contributed by atoms with E-state index in [-0.39, 0.29) is 17.0 Å². The van der Waals surface area contributed by atoms with Crippen molar-refractivity contribution in [3.63, 3.8) is 0 Å². The Hall–Kier alpha value is -0.820. The van der Waals surface area contributed by atoms with E-state index < -0.39 is 10.0 Å². The number of primary sulfonamides is 1. The third-order valence-corrected chi connectivity index (χ3v) is 4.85. The Bertz CT molecular complexity index is 577. The second-order valence-electron chi connectivity index (χ2n) is 5.00. The van der Waals surface area contributed by atoms with Crippen LogP contribution in [0, 0.1) is 0 Å². The van der Waals surface area contributed by atoms with Gasteiger partial charge in [-0.05, 0) is 31.0 Å². The molecule has 2 rings (SSSR count). The molecular formula is C13H19ClN2O3S. The third-order valence-electron chi connectivity index (χ3n) is 3.61. The van der Waals surface area contributed by atoms with Crippen molar-refractivity contribution in [3.05, 3.63) is 23.2 Å². The molecule has 2 atom stereocenters. The molecule has 0 heterocycles. The van der Waals surface area contributed by atoms with Crippen molar-refractivity contribution in [2.75, 3.05) is 12.4 Å². The van der Waals surface area contributed by atoms with Crippen molar-refractivity contribution in [2.45, 2.75) is 42.7 Å². The summed E-state index contributed by atoms with van der Waals surface area (Å²) >= 11 is 6.12. The maximum atomic E-state index is 11.4. The molecule has 2 unspecified atom stereocenters. The smallest absolute Gasteiger partial charge is 0.238 e. The van der Waals surface area contributed by atoms with Gasteiger partial charge in [0.15, 0.2) is 0 Å². The van der Waals surface area contributed by atoms with Gasteiger partial charge in [0.05, 0.1) is 27.8 Å². The summed E-state index contributed by atoms with van der Waals surface area (Å²) < 4.78 is 28.2. The van der Waals surface area contributed by atoms with Gasteiger partial charge in [0.2, 0.25) is 10.0 Å². The van der Waals surface area contributed by atoms with E-state index in [1.54, 1.807) is 7.11 Å². The molecule has 1 aromatic carbocycles. The van der Waals surface area contributed by atoms with Gasteiger partial charge in [-0.1, -0.05) is 24.4 Å². The van der Waals surface area contributed by atoms with Crippen molar-refractivity contribution >= 4 is 27.3 Å². The highest BCUT2D eigenvalue weighted by atomic mass is 35.5. The molecular weight excluding hydrogens is 300 g/mol. The van der Waals surface area contributed by atoms with Crippen molar-refractivity contribution in [3.8, 4) is 0 Å². The zero-order valence-electron chi connectivity index (χ0n) is 11.3. The molecule has 20 heavy (non-hydrogen) atoms. The molecule has 0 radical (unpaired) electrons. The number of methoxy groups -OCH3 is 1. The molecule has 3 N–H and O–H groups in total. The summed E-state index contributed by atoms with van der Waals surface area (Å²) in [5.74, 6) is 0. The summed E-state index contributed by atoms with van der Waals surface area (Å²) in [6.45, 7) is 0. The number of rotatable bonds is 4. The molecule has 112 valence electrons. The van der Waals surface area contributed by atoms with Crippen molar-refractivity contribution < 1.29 is 13.2 Å². The van der Waals surface area contributed by atoms with E-state index in [9.17, 15) is 8.42 Å². The van der Waals surface area contributed by atoms with Crippen LogP contribution in [0.5, 0.6) is 0 Å². The van der Waals surface area contributed by atoms with Gasteiger partial charge in [-0.15, -0.1) is 0 Å². The normalized spacial score (nSPS) is 23.6. The van der Waals surface area contributed by atoms with E-state index in [1.165, 1.54) is 18.2 Å². The Morgan fingerprint density at radius 1 is 1.35 bits per heavy atom. The maximum Gasteiger partial charge on any atom is 0.238 e. The number of nitrogens with one attached hydrogen (secondary N) is 1. The fraction of sp³-hybridized carbons (Fsp3) is 0.538. The predicted octanol–water partition coefficient (Wildman–Crippen LogP) is 2.36. The summed E-state index contributed by atoms with van der Waals surface area (Å²) in [6.07, 6.45) is 4.32. The van der Waals surface area contributed by atoms with E-state index in [0.29, 0.717) is 10.7 Å². The minimum Gasteiger partial charge on any atom is -0.379 e. The number of nitrogens with two attached hydrogens (primary N) is 1. The number of anilines is 1. The number of hydrogen-bond acceptors (Lipinski definition) is 4. The number of hydrogen-bond donors (Lipinski definition) is 2. The average Bonchev–Trinajstić information content (AvgIpc) is 2.40. The van der Waals surface area contributed by atoms with Crippen LogP contribution in [0.25, 0.3) is 0 Å². The quantitative estimate of drug-likeness (QED) is 0.893. The van der Waals surface area contributed by atoms with E-state index in [1.807, 2.05) is 0 Å². The third kappa shape index (κ3) is 3.63. The van der Waals surface area contributed by atoms with E-state index in [4.69, 9.17) is 21.5 Å². The van der Waals surface area contributed by atoms with Crippen LogP contribution in [0.3, 0.4) is 0 Å². The molecule has 1 saturated carbocycles. The minimum atomic E-state index is -3.73. The van der Waals surface area contributed by atoms with Gasteiger partial charge in [0.25, 0.3) is 0 Å². The van der Waals surface area contributed by atoms with Crippen molar-refractivity contribution in [1.29, 1.82) is 0 Å². The molecule has 0 bridgehead atoms. The Balaban J connectivity index is 2.24. The van der Waals surface area contributed by atoms with Gasteiger partial charge in [0, 0.05) is 7.11 Å². The number of ether oxygens (including phenoxy) is 1. The van der Waals surface area contributed by atoms with Gasteiger partial charge in [-0.25, -0.2) is 13.6 Å². The van der Waals surface area contributed by atoms with Gasteiger partial charge >= 0.3 is 0 Å². The lowest BCUT2D eigenvalue weighted by Crippen LogP contribution is -2.37. The number of halogens is 1. The van der Waals surface area contributed by atoms with Crippen LogP contribution in [-0.4, -0.2) is 27.7 Å². The number of sulfonamides is 1. The Labute approximate surface area is 124 Å². The van der Waals surface area contributed by atoms with Crippen LogP contribution < -0.4 is 10.5 Å². The highest BCUT2D eigenvalue weighted by Gasteiger charge is 2.25. The second-order valence-corrected chi connectivity index (χ2v) is 6.96. The molecule has 0 aliphatic heterocycles. The number of benzene rings is 1. The van der Waals surface area contributed by atoms with Gasteiger partial charge in [-0.3, -0.25) is 0 Å². The first kappa shape index (κ1) is 15.6. The van der Waals surface area contributed by atoms with Crippen LogP contribution in [-0.2, 0) is 14.8 Å². The topological polar surface area (TPSA) is 81.4 Å². The van der Waals surface area contributed by atoms with Crippen molar-refractivity contribution in [1.82, 2.24) is 0 Å². The van der Waals surface area contributed by atoms with E-state index in [2.05, 4.69) is 5.32 Å². The molecule has 1 aliphatic rings. The van der Waals surface area contributed by atoms with Crippen LogP contribution in [0.4, 0.5) is 5.69 Å². The fourth-order valence-corrected chi connectivity index (χ4v) is 3.25. The predicted molar refractivity (Wildman–Crippen MR) is 79.5 cm³/mol. The van der Waals surface area contributed by atoms with E-state index >= 15 is 0 Å². The standard InChI is InChI=1S/C13H19ClN2O3S/c1-19-13-5-3-2-4-11(13)16-12-8-9(20(15,17)18)6-7-10(12)14/h6-8,11,13,16H,2-5H2,1H3,(H2,15,17,18). The molecule has 5 nitrogen and oxygen atoms in total. The zero-order chi connectivity index (χ0) is 14.8. The van der Waals surface area contributed by atoms with Crippen molar-refractivity contribution in [2.24, 2.45) is 5.14 Å². The highest BCUT2D eigenvalue weighted by Crippen LogP contribution is 2.29. The maximum absolute atomic E-state index is 11.4. The van der Waals surface area contributed by atoms with Gasteiger partial charge in [0.1, 0.15) is 0 Å². The Morgan fingerprint density at radius 2 is 2.05 bits per heavy atom. The largest absolute Gasteiger partial charge is 0.379 e. The molecule has 0 saturated heterocycles. The lowest BCUT2D eigenvalue weighted by molar-refractivity contribution is 0.0606. The first-order chi connectivity index (χ1) is 9.41. The molecule has 7 heteroatoms. The van der Waals surface area contributed by atoms with Crippen LogP contribution in [0.2, 0.25) is 5.02 Å². The van der Waals surface area contributed by atoms with Crippen LogP contribution >= 0.6 is 11.6 Å². The molecule has 1 aliphatic carbocycles. The van der Waals surface area contributed by atoms with Crippen LogP contribution in [0.1, 0.15) is 25.7 Å². The molecule has 0 spiro atoms. The monoisotopic (exact) mass is 318 g/mol. The Kier molecular flexibility index (Phi) is 4.90. The lowest BCUT2D eigenvalue weighted by atomic mass is 9.92. The summed E-state index contributed by atoms with van der Waals surface area (Å²) in [5, 5.41) is 8.89. The average molecular weight is 319 g/mol.